The molecule has 3 N–H and O–H groups in total. The molecule has 2 aliphatic heterocycles. The molecule has 0 saturated carbocycles. The molecular formula is C14H20N4O3. The number of fused-ring (bicyclic) bond motifs is 1. The molecule has 0 radical (unpaired) electrons. The lowest BCUT2D eigenvalue weighted by Crippen LogP contribution is -2.61. The van der Waals surface area contributed by atoms with Crippen molar-refractivity contribution in [3.8, 4) is 0 Å². The van der Waals surface area contributed by atoms with Crippen LogP contribution in [0.5, 0.6) is 0 Å². The van der Waals surface area contributed by atoms with Crippen LogP contribution in [-0.2, 0) is 22.6 Å². The summed E-state index contributed by atoms with van der Waals surface area (Å²) in [4.78, 5) is 33.0. The van der Waals surface area contributed by atoms with Crippen molar-refractivity contribution in [2.24, 2.45) is 0 Å². The Bertz CT molecular complexity index is 562. The molecule has 1 saturated heterocycles. The molecule has 1 aromatic rings. The second-order valence-electron chi connectivity index (χ2n) is 6.03. The topological polar surface area (TPSA) is 98.3 Å². The van der Waals surface area contributed by atoms with Crippen LogP contribution in [-0.4, -0.2) is 50.0 Å². The van der Waals surface area contributed by atoms with E-state index in [0.717, 1.165) is 37.2 Å². The van der Waals surface area contributed by atoms with Crippen molar-refractivity contribution < 1.29 is 14.7 Å². The summed E-state index contributed by atoms with van der Waals surface area (Å²) in [6.45, 7) is 2.95. The first-order valence-corrected chi connectivity index (χ1v) is 7.31. The zero-order valence-corrected chi connectivity index (χ0v) is 12.1. The fraction of sp³-hybridized carbons (Fsp3) is 0.643. The fourth-order valence-electron chi connectivity index (χ4n) is 3.23. The van der Waals surface area contributed by atoms with Crippen molar-refractivity contribution in [2.45, 2.75) is 50.7 Å². The van der Waals surface area contributed by atoms with Gasteiger partial charge >= 0.3 is 5.97 Å². The number of rotatable bonds is 2. The maximum absolute atomic E-state index is 12.9. The van der Waals surface area contributed by atoms with Crippen molar-refractivity contribution in [3.63, 3.8) is 0 Å². The van der Waals surface area contributed by atoms with Crippen LogP contribution < -0.4 is 5.32 Å². The number of carboxylic acid groups (broad SMARTS) is 1. The van der Waals surface area contributed by atoms with E-state index in [-0.39, 0.29) is 18.9 Å². The summed E-state index contributed by atoms with van der Waals surface area (Å²) < 4.78 is 0. The van der Waals surface area contributed by atoms with E-state index in [1.807, 2.05) is 6.92 Å². The Labute approximate surface area is 122 Å². The number of carbonyl (C=O) groups is 2. The number of imidazole rings is 1. The van der Waals surface area contributed by atoms with Crippen molar-refractivity contribution in [2.75, 3.05) is 6.54 Å². The number of aromatic nitrogens is 2. The minimum Gasteiger partial charge on any atom is -0.480 e. The number of nitrogens with zero attached hydrogens (tertiary/aromatic N) is 2. The molecule has 1 aromatic heterocycles. The molecule has 114 valence electrons. The molecule has 2 aliphatic rings. The molecule has 0 aromatic carbocycles. The number of H-pyrrole nitrogens is 1. The number of piperidine rings is 1. The first-order chi connectivity index (χ1) is 10.0. The Morgan fingerprint density at radius 2 is 2.29 bits per heavy atom. The third-order valence-electron chi connectivity index (χ3n) is 4.54. The predicted molar refractivity (Wildman–Crippen MR) is 74.5 cm³/mol. The molecule has 2 atom stereocenters. The largest absolute Gasteiger partial charge is 0.480 e. The summed E-state index contributed by atoms with van der Waals surface area (Å²) in [5.41, 5.74) is 0.914. The molecule has 7 nitrogen and oxygen atoms in total. The quantitative estimate of drug-likeness (QED) is 0.727. The van der Waals surface area contributed by atoms with Gasteiger partial charge in [0.25, 0.3) is 0 Å². The second kappa shape index (κ2) is 5.14. The van der Waals surface area contributed by atoms with Crippen LogP contribution in [0.15, 0.2) is 6.33 Å². The lowest BCUT2D eigenvalue weighted by Gasteiger charge is -2.41. The van der Waals surface area contributed by atoms with Crippen LogP contribution in [0.1, 0.15) is 37.6 Å². The van der Waals surface area contributed by atoms with Gasteiger partial charge in [0.15, 0.2) is 0 Å². The van der Waals surface area contributed by atoms with Gasteiger partial charge < -0.3 is 20.3 Å². The standard InChI is InChI=1S/C14H20N4O3/c1-14(4-2-3-5-17-14)13(21)18-7-10-9(15-8-16-10)6-11(18)12(19)20/h8,11,17H,2-7H2,1H3,(H,15,16)(H,19,20). The monoisotopic (exact) mass is 292 g/mol. The molecule has 3 rings (SSSR count). The highest BCUT2D eigenvalue weighted by Crippen LogP contribution is 2.27. The molecule has 3 heterocycles. The second-order valence-corrected chi connectivity index (χ2v) is 6.03. The molecule has 21 heavy (non-hydrogen) atoms. The highest BCUT2D eigenvalue weighted by Gasteiger charge is 2.44. The van der Waals surface area contributed by atoms with E-state index in [0.29, 0.717) is 0 Å². The van der Waals surface area contributed by atoms with Gasteiger partial charge in [-0.2, -0.15) is 0 Å². The zero-order valence-electron chi connectivity index (χ0n) is 12.1. The van der Waals surface area contributed by atoms with Crippen LogP contribution >= 0.6 is 0 Å². The first kappa shape index (κ1) is 14.1. The molecular weight excluding hydrogens is 272 g/mol. The van der Waals surface area contributed by atoms with E-state index in [4.69, 9.17) is 0 Å². The normalized spacial score (nSPS) is 29.0. The molecule has 1 amide bonds. The van der Waals surface area contributed by atoms with Crippen molar-refractivity contribution in [3.05, 3.63) is 17.7 Å². The average molecular weight is 292 g/mol. The SMILES string of the molecule is CC1(C(=O)N2Cc3[nH]cnc3CC2C(=O)O)CCCCN1. The lowest BCUT2D eigenvalue weighted by molar-refractivity contribution is -0.155. The van der Waals surface area contributed by atoms with Gasteiger partial charge in [-0.25, -0.2) is 9.78 Å². The molecule has 2 unspecified atom stereocenters. The third kappa shape index (κ3) is 2.42. The van der Waals surface area contributed by atoms with Crippen LogP contribution in [0.3, 0.4) is 0 Å². The van der Waals surface area contributed by atoms with Crippen LogP contribution in [0.25, 0.3) is 0 Å². The molecule has 7 heteroatoms. The van der Waals surface area contributed by atoms with Gasteiger partial charge in [0.05, 0.1) is 29.8 Å². The number of aliphatic carboxylic acids is 1. The number of aromatic amines is 1. The summed E-state index contributed by atoms with van der Waals surface area (Å²) in [5.74, 6) is -1.11. The Morgan fingerprint density at radius 1 is 1.48 bits per heavy atom. The van der Waals surface area contributed by atoms with Crippen molar-refractivity contribution in [1.82, 2.24) is 20.2 Å². The number of hydrogen-bond donors (Lipinski definition) is 3. The summed E-state index contributed by atoms with van der Waals surface area (Å²) in [7, 11) is 0. The minimum absolute atomic E-state index is 0.130. The smallest absolute Gasteiger partial charge is 0.326 e. The van der Waals surface area contributed by atoms with Gasteiger partial charge in [-0.1, -0.05) is 0 Å². The van der Waals surface area contributed by atoms with E-state index in [2.05, 4.69) is 15.3 Å². The predicted octanol–water partition coefficient (Wildman–Crippen LogP) is 0.280. The highest BCUT2D eigenvalue weighted by atomic mass is 16.4. The maximum atomic E-state index is 12.9. The van der Waals surface area contributed by atoms with Crippen LogP contribution in [0.2, 0.25) is 0 Å². The molecule has 0 aliphatic carbocycles. The summed E-state index contributed by atoms with van der Waals surface area (Å²) in [6.07, 6.45) is 4.59. The number of hydrogen-bond acceptors (Lipinski definition) is 4. The first-order valence-electron chi connectivity index (χ1n) is 7.31. The Kier molecular flexibility index (Phi) is 3.44. The van der Waals surface area contributed by atoms with Crippen molar-refractivity contribution in [1.29, 1.82) is 0 Å². The average Bonchev–Trinajstić information content (AvgIpc) is 2.93. The minimum atomic E-state index is -0.976. The van der Waals surface area contributed by atoms with E-state index >= 15 is 0 Å². The van der Waals surface area contributed by atoms with Gasteiger partial charge in [-0.3, -0.25) is 4.79 Å². The lowest BCUT2D eigenvalue weighted by atomic mass is 9.88. The Morgan fingerprint density at radius 3 is 2.95 bits per heavy atom. The maximum Gasteiger partial charge on any atom is 0.326 e. The van der Waals surface area contributed by atoms with E-state index in [9.17, 15) is 14.7 Å². The summed E-state index contributed by atoms with van der Waals surface area (Å²) >= 11 is 0. The third-order valence-corrected chi connectivity index (χ3v) is 4.54. The molecule has 1 fully saturated rings. The summed E-state index contributed by atoms with van der Waals surface area (Å²) in [6, 6.07) is -0.839. The molecule has 0 bridgehead atoms. The van der Waals surface area contributed by atoms with Gasteiger partial charge in [0, 0.05) is 6.42 Å². The van der Waals surface area contributed by atoms with Gasteiger partial charge in [-0.15, -0.1) is 0 Å². The van der Waals surface area contributed by atoms with Gasteiger partial charge in [-0.05, 0) is 32.7 Å². The van der Waals surface area contributed by atoms with E-state index < -0.39 is 17.6 Å². The number of carboxylic acids is 1. The fourth-order valence-corrected chi connectivity index (χ4v) is 3.23. The number of carbonyl (C=O) groups excluding carboxylic acids is 1. The molecule has 0 spiro atoms. The summed E-state index contributed by atoms with van der Waals surface area (Å²) in [5, 5.41) is 12.7. The van der Waals surface area contributed by atoms with Gasteiger partial charge in [0.1, 0.15) is 6.04 Å². The van der Waals surface area contributed by atoms with Gasteiger partial charge in [0.2, 0.25) is 5.91 Å². The highest BCUT2D eigenvalue weighted by molar-refractivity contribution is 5.90. The number of nitrogens with one attached hydrogen (secondary N) is 2. The Balaban J connectivity index is 1.88. The Hall–Kier alpha value is -1.89. The zero-order chi connectivity index (χ0) is 15.0. The van der Waals surface area contributed by atoms with Crippen LogP contribution in [0, 0.1) is 0 Å². The van der Waals surface area contributed by atoms with Crippen LogP contribution in [0.4, 0.5) is 0 Å². The van der Waals surface area contributed by atoms with Crippen molar-refractivity contribution >= 4 is 11.9 Å². The van der Waals surface area contributed by atoms with E-state index in [1.165, 1.54) is 4.90 Å². The number of amides is 1. The van der Waals surface area contributed by atoms with E-state index in [1.54, 1.807) is 6.33 Å².